The Kier molecular flexibility index (Phi) is 5.66. The van der Waals surface area contributed by atoms with E-state index < -0.39 is 11.1 Å². The maximum atomic E-state index is 14.4. The van der Waals surface area contributed by atoms with Crippen molar-refractivity contribution in [2.45, 2.75) is 55.7 Å². The van der Waals surface area contributed by atoms with E-state index in [0.717, 1.165) is 12.1 Å². The highest BCUT2D eigenvalue weighted by Gasteiger charge is 2.64. The van der Waals surface area contributed by atoms with Crippen LogP contribution in [0.15, 0.2) is 52.1 Å². The number of rotatable bonds is 5. The molecule has 11 nitrogen and oxygen atoms in total. The van der Waals surface area contributed by atoms with Crippen molar-refractivity contribution in [1.29, 1.82) is 0 Å². The minimum absolute atomic E-state index is 0.0171. The number of aromatic nitrogens is 5. The van der Waals surface area contributed by atoms with Crippen molar-refractivity contribution in [1.82, 2.24) is 29.0 Å². The first-order valence-corrected chi connectivity index (χ1v) is 15.2. The molecule has 0 bridgehead atoms. The normalized spacial score (nSPS) is 22.3. The first-order valence-electron chi connectivity index (χ1n) is 14.4. The summed E-state index contributed by atoms with van der Waals surface area (Å²) in [4.78, 5) is 50.7. The van der Waals surface area contributed by atoms with Crippen molar-refractivity contribution < 1.29 is 19.1 Å². The summed E-state index contributed by atoms with van der Waals surface area (Å²) in [7, 11) is 0. The van der Waals surface area contributed by atoms with Crippen LogP contribution in [-0.2, 0) is 22.4 Å². The Bertz CT molecular complexity index is 1890. The average Bonchev–Trinajstić information content (AvgIpc) is 3.90. The molecule has 1 spiro atoms. The monoisotopic (exact) mass is 647 g/mol. The summed E-state index contributed by atoms with van der Waals surface area (Å²) in [6, 6.07) is 9.84. The molecular formula is C30H27BrFN7O4. The van der Waals surface area contributed by atoms with Crippen LogP contribution in [0.3, 0.4) is 0 Å². The number of anilines is 1. The Morgan fingerprint density at radius 2 is 1.86 bits per heavy atom. The molecule has 8 rings (SSSR count). The number of nitrogens with one attached hydrogen (secondary N) is 1. The van der Waals surface area contributed by atoms with E-state index in [1.165, 1.54) is 16.8 Å². The lowest BCUT2D eigenvalue weighted by Gasteiger charge is -2.41. The molecule has 220 valence electrons. The van der Waals surface area contributed by atoms with E-state index in [0.29, 0.717) is 55.6 Å². The van der Waals surface area contributed by atoms with Gasteiger partial charge in [0.1, 0.15) is 18.0 Å². The average molecular weight is 648 g/mol. The van der Waals surface area contributed by atoms with Crippen LogP contribution in [0, 0.1) is 5.92 Å². The van der Waals surface area contributed by atoms with Gasteiger partial charge in [-0.25, -0.2) is 9.37 Å². The zero-order chi connectivity index (χ0) is 29.7. The summed E-state index contributed by atoms with van der Waals surface area (Å²) >= 11 is 3.30. The van der Waals surface area contributed by atoms with Crippen molar-refractivity contribution in [3.63, 3.8) is 0 Å². The molecule has 0 unspecified atom stereocenters. The third-order valence-electron chi connectivity index (χ3n) is 9.72. The highest BCUT2D eigenvalue weighted by Crippen LogP contribution is 2.67. The lowest BCUT2D eigenvalue weighted by molar-refractivity contribution is -0.116. The van der Waals surface area contributed by atoms with Crippen LogP contribution in [0.4, 0.5) is 10.1 Å². The van der Waals surface area contributed by atoms with E-state index >= 15 is 0 Å². The second kappa shape index (κ2) is 9.18. The first kappa shape index (κ1) is 26.5. The fourth-order valence-corrected chi connectivity index (χ4v) is 7.70. The fraction of sp³-hybridized carbons (Fsp3) is 0.400. The van der Waals surface area contributed by atoms with Crippen molar-refractivity contribution in [3.05, 3.63) is 80.2 Å². The summed E-state index contributed by atoms with van der Waals surface area (Å²) in [6.45, 7) is 0.744. The van der Waals surface area contributed by atoms with Crippen LogP contribution >= 0.6 is 15.9 Å². The number of amides is 2. The number of hydrogen-bond acceptors (Lipinski definition) is 7. The molecule has 1 saturated heterocycles. The smallest absolute Gasteiger partial charge is 0.279 e. The second-order valence-corrected chi connectivity index (χ2v) is 12.8. The quantitative estimate of drug-likeness (QED) is 0.338. The summed E-state index contributed by atoms with van der Waals surface area (Å²) in [5.74, 6) is -0.174. The van der Waals surface area contributed by atoms with E-state index in [-0.39, 0.29) is 57.7 Å². The van der Waals surface area contributed by atoms with Crippen molar-refractivity contribution >= 4 is 39.2 Å². The van der Waals surface area contributed by atoms with Gasteiger partial charge in [-0.1, -0.05) is 12.1 Å². The van der Waals surface area contributed by atoms with Gasteiger partial charge in [0, 0.05) is 47.6 Å². The molecule has 13 heteroatoms. The van der Waals surface area contributed by atoms with Crippen LogP contribution in [0.25, 0.3) is 5.78 Å². The van der Waals surface area contributed by atoms with Crippen LogP contribution < -0.4 is 10.9 Å². The minimum atomic E-state index is -1.24. The van der Waals surface area contributed by atoms with Crippen LogP contribution in [0.1, 0.15) is 65.3 Å². The van der Waals surface area contributed by atoms with Gasteiger partial charge in [-0.2, -0.15) is 9.50 Å². The lowest BCUT2D eigenvalue weighted by Crippen LogP contribution is -2.48. The zero-order valence-corrected chi connectivity index (χ0v) is 24.6. The van der Waals surface area contributed by atoms with Gasteiger partial charge in [0.25, 0.3) is 11.5 Å². The highest BCUT2D eigenvalue weighted by atomic mass is 79.9. The third kappa shape index (κ3) is 4.04. The molecule has 3 fully saturated rings. The predicted octanol–water partition coefficient (Wildman–Crippen LogP) is 3.64. The molecule has 2 N–H and O–H groups in total. The number of piperidine rings is 1. The molecule has 43 heavy (non-hydrogen) atoms. The molecule has 4 heterocycles. The van der Waals surface area contributed by atoms with Gasteiger partial charge in [0.05, 0.1) is 0 Å². The van der Waals surface area contributed by atoms with Gasteiger partial charge < -0.3 is 19.9 Å². The number of carbonyl (C=O) groups excluding carboxylic acids is 2. The summed E-state index contributed by atoms with van der Waals surface area (Å²) < 4.78 is 17.7. The van der Waals surface area contributed by atoms with E-state index in [9.17, 15) is 23.9 Å². The Hall–Kier alpha value is -4.13. The first-order chi connectivity index (χ1) is 20.7. The number of likely N-dealkylation sites (tertiary alicyclic amines) is 1. The number of hydrogen-bond donors (Lipinski definition) is 2. The molecule has 2 amide bonds. The number of nitrogens with zero attached hydrogens (tertiary/aromatic N) is 6. The van der Waals surface area contributed by atoms with Gasteiger partial charge >= 0.3 is 0 Å². The number of benzene rings is 1. The number of fused-ring (bicyclic) bond motifs is 6. The van der Waals surface area contributed by atoms with E-state index in [2.05, 4.69) is 36.3 Å². The fourth-order valence-electron chi connectivity index (χ4n) is 7.39. The lowest BCUT2D eigenvalue weighted by atomic mass is 9.71. The summed E-state index contributed by atoms with van der Waals surface area (Å²) in [6.07, 6.45) is 4.55. The minimum Gasteiger partial charge on any atom is -0.505 e. The Balaban J connectivity index is 1.11. The molecule has 1 aliphatic heterocycles. The Labute approximate surface area is 252 Å². The van der Waals surface area contributed by atoms with Crippen LogP contribution in [0.5, 0.6) is 5.75 Å². The topological polar surface area (TPSA) is 135 Å². The van der Waals surface area contributed by atoms with Crippen molar-refractivity contribution in [3.8, 4) is 5.75 Å². The number of carbonyl (C=O) groups is 2. The maximum absolute atomic E-state index is 14.4. The number of halogens is 2. The van der Waals surface area contributed by atoms with Gasteiger partial charge in [-0.05, 0) is 83.8 Å². The summed E-state index contributed by atoms with van der Waals surface area (Å²) in [5, 5.41) is 17.4. The maximum Gasteiger partial charge on any atom is 0.279 e. The zero-order valence-electron chi connectivity index (χ0n) is 23.0. The molecule has 1 aromatic carbocycles. The van der Waals surface area contributed by atoms with Gasteiger partial charge in [0.2, 0.25) is 16.4 Å². The largest absolute Gasteiger partial charge is 0.505 e. The standard InChI is InChI=1S/C30H27BrFN7O4/c31-27-35-28-38(15-21(41)34-17-5-3-16(4-6-17)30(32)7-8-30)24-18-14-19(18)29(22(24)25(42)39(28)36-27)9-12-37(13-10-29)26(43)23-20(40)2-1-11-33-23/h1-6,11,18-19,40H,7-10,12-15H2,(H,34,41)/t18-,19+/m0/s1. The molecule has 2 saturated carbocycles. The van der Waals surface area contributed by atoms with Gasteiger partial charge in [0.15, 0.2) is 5.69 Å². The van der Waals surface area contributed by atoms with Crippen molar-refractivity contribution in [2.75, 3.05) is 18.4 Å². The molecule has 3 aromatic heterocycles. The predicted molar refractivity (Wildman–Crippen MR) is 156 cm³/mol. The number of pyridine rings is 1. The van der Waals surface area contributed by atoms with Crippen LogP contribution in [-0.4, -0.2) is 59.1 Å². The van der Waals surface area contributed by atoms with Gasteiger partial charge in [-0.15, -0.1) is 5.10 Å². The SMILES string of the molecule is O=C(Cn1c2c(c(=O)n3nc(Br)nc13)C1(CCN(C(=O)c3ncccc3O)CC1)[C@@H]1C[C@H]21)Nc1ccc(C2(F)CC2)cc1. The molecule has 4 aromatic rings. The van der Waals surface area contributed by atoms with Crippen molar-refractivity contribution in [2.24, 2.45) is 5.92 Å². The van der Waals surface area contributed by atoms with Gasteiger partial charge in [-0.3, -0.25) is 14.4 Å². The Morgan fingerprint density at radius 1 is 1.12 bits per heavy atom. The second-order valence-electron chi connectivity index (χ2n) is 12.1. The highest BCUT2D eigenvalue weighted by molar-refractivity contribution is 9.10. The molecule has 0 radical (unpaired) electrons. The molecule has 3 aliphatic carbocycles. The van der Waals surface area contributed by atoms with E-state index in [4.69, 9.17) is 0 Å². The van der Waals surface area contributed by atoms with E-state index in [1.54, 1.807) is 35.2 Å². The van der Waals surface area contributed by atoms with E-state index in [1.807, 2.05) is 4.57 Å². The summed E-state index contributed by atoms with van der Waals surface area (Å²) in [5.41, 5.74) is 0.732. The van der Waals surface area contributed by atoms with Crippen LogP contribution in [0.2, 0.25) is 0 Å². The molecule has 2 atom stereocenters. The third-order valence-corrected chi connectivity index (χ3v) is 10.1. The Morgan fingerprint density at radius 3 is 2.56 bits per heavy atom. The molecular weight excluding hydrogens is 621 g/mol. The molecule has 4 aliphatic rings. The number of aromatic hydroxyl groups is 1. The number of alkyl halides is 1.